The number of aliphatic hydroxyl groups is 2. The summed E-state index contributed by atoms with van der Waals surface area (Å²) >= 11 is 0. The summed E-state index contributed by atoms with van der Waals surface area (Å²) in [5.74, 6) is -2.32. The lowest BCUT2D eigenvalue weighted by Crippen LogP contribution is -2.56. The fourth-order valence-electron chi connectivity index (χ4n) is 6.50. The third-order valence-corrected chi connectivity index (χ3v) is 9.29. The third kappa shape index (κ3) is 8.24. The van der Waals surface area contributed by atoms with Gasteiger partial charge in [-0.3, -0.25) is 9.59 Å². The first-order valence-electron chi connectivity index (χ1n) is 15.1. The number of carbonyl (C=O) groups is 3. The number of hydrogen-bond donors (Lipinski definition) is 2. The number of ketones is 1. The van der Waals surface area contributed by atoms with E-state index >= 15 is 0 Å². The van der Waals surface area contributed by atoms with Crippen LogP contribution in [0.3, 0.4) is 0 Å². The molecular weight excluding hydrogens is 530 g/mol. The molecule has 0 unspecified atom stereocenters. The van der Waals surface area contributed by atoms with Crippen LogP contribution in [-0.2, 0) is 33.3 Å². The number of likely N-dealkylation sites (N-methyl/N-ethyl adjacent to an activating group) is 1. The smallest absolute Gasteiger partial charge is 0.308 e. The number of rotatable bonds is 6. The van der Waals surface area contributed by atoms with Gasteiger partial charge in [-0.1, -0.05) is 27.7 Å². The molecule has 3 heterocycles. The van der Waals surface area contributed by atoms with E-state index in [-0.39, 0.29) is 42.8 Å². The number of hydrogen-bond acceptors (Lipinski definition) is 10. The Balaban J connectivity index is 1.95. The normalized spacial score (nSPS) is 45.5. The molecule has 13 atom stereocenters. The minimum absolute atomic E-state index is 0.0707. The highest BCUT2D eigenvalue weighted by Gasteiger charge is 2.55. The van der Waals surface area contributed by atoms with Crippen molar-refractivity contribution in [2.75, 3.05) is 14.1 Å². The molecule has 10 heteroatoms. The average molecular weight is 582 g/mol. The van der Waals surface area contributed by atoms with Gasteiger partial charge in [-0.15, -0.1) is 0 Å². The van der Waals surface area contributed by atoms with Crippen LogP contribution in [0.4, 0.5) is 0 Å². The largest absolute Gasteiger partial charge is 0.462 e. The van der Waals surface area contributed by atoms with Gasteiger partial charge in [0, 0.05) is 30.2 Å². The van der Waals surface area contributed by atoms with Gasteiger partial charge in [0.2, 0.25) is 0 Å². The first-order valence-corrected chi connectivity index (χ1v) is 15.1. The number of nitrogens with zero attached hydrogens (tertiary/aromatic N) is 1. The van der Waals surface area contributed by atoms with E-state index in [1.165, 1.54) is 0 Å². The van der Waals surface area contributed by atoms with Gasteiger partial charge < -0.3 is 38.9 Å². The molecule has 0 aromatic carbocycles. The fourth-order valence-corrected chi connectivity index (χ4v) is 6.50. The first-order chi connectivity index (χ1) is 19.2. The van der Waals surface area contributed by atoms with Crippen molar-refractivity contribution in [3.05, 3.63) is 12.2 Å². The number of ether oxygens (including phenoxy) is 4. The predicted octanol–water partition coefficient (Wildman–Crippen LogP) is 2.67. The summed E-state index contributed by atoms with van der Waals surface area (Å²) in [5, 5.41) is 22.4. The fraction of sp³-hybridized carbons (Fsp3) is 0.839. The molecule has 3 rings (SSSR count). The summed E-state index contributed by atoms with van der Waals surface area (Å²) in [5.41, 5.74) is -0.637. The predicted molar refractivity (Wildman–Crippen MR) is 152 cm³/mol. The maximum atomic E-state index is 13.2. The second-order valence-electron chi connectivity index (χ2n) is 12.9. The SMILES string of the molecule is CC[C@H]1OC(=O)C[C@@H](O)[C@H](C)[C@@H](O[C@H]2O[C@@H](C)C[C@@H](N(C)C)[C@@H]2O)[C@H](CC=O)C[C@H](C)C(=O)/C=C/[C@]2(C)O[C@@H]2[C@H]1C. The van der Waals surface area contributed by atoms with Gasteiger partial charge in [0.25, 0.3) is 0 Å². The highest BCUT2D eigenvalue weighted by molar-refractivity contribution is 5.91. The molecule has 10 nitrogen and oxygen atoms in total. The van der Waals surface area contributed by atoms with Gasteiger partial charge in [0.15, 0.2) is 12.1 Å². The van der Waals surface area contributed by atoms with Crippen LogP contribution >= 0.6 is 0 Å². The van der Waals surface area contributed by atoms with Crippen molar-refractivity contribution in [2.45, 2.75) is 128 Å². The standard InChI is InChI=1S/C31H51NO9/c1-9-25-20(5)29-31(6,41-29)12-10-23(34)17(2)14-21(11-13-33)28(19(4)24(35)16-26(36)39-25)40-30-27(37)22(32(7)8)15-18(3)38-30/h10,12-13,17-22,24-25,27-30,35,37H,9,11,14-16H2,1-8H3/b12-10+/t17-,18-,19-,20-,21+,22+,24+,25+,27-,28+,29+,30+,31-/m0/s1. The molecule has 0 bridgehead atoms. The molecule has 0 saturated carbocycles. The topological polar surface area (TPSA) is 135 Å². The zero-order valence-electron chi connectivity index (χ0n) is 25.9. The van der Waals surface area contributed by atoms with E-state index in [0.29, 0.717) is 19.3 Å². The molecule has 0 aromatic heterocycles. The molecule has 0 amide bonds. The van der Waals surface area contributed by atoms with Crippen LogP contribution in [0.15, 0.2) is 12.2 Å². The summed E-state index contributed by atoms with van der Waals surface area (Å²) in [4.78, 5) is 40.0. The van der Waals surface area contributed by atoms with E-state index in [9.17, 15) is 24.6 Å². The number of aldehydes is 1. The zero-order valence-corrected chi connectivity index (χ0v) is 25.9. The lowest BCUT2D eigenvalue weighted by Gasteiger charge is -2.44. The molecule has 3 aliphatic heterocycles. The van der Waals surface area contributed by atoms with Crippen molar-refractivity contribution in [1.82, 2.24) is 4.90 Å². The van der Waals surface area contributed by atoms with Gasteiger partial charge in [-0.2, -0.15) is 0 Å². The van der Waals surface area contributed by atoms with Crippen molar-refractivity contribution < 1.29 is 43.5 Å². The van der Waals surface area contributed by atoms with Crippen LogP contribution in [-0.4, -0.2) is 102 Å². The van der Waals surface area contributed by atoms with E-state index in [2.05, 4.69) is 0 Å². The number of allylic oxidation sites excluding steroid dienone is 1. The summed E-state index contributed by atoms with van der Waals surface area (Å²) < 4.78 is 24.2. The maximum Gasteiger partial charge on any atom is 0.308 e. The average Bonchev–Trinajstić information content (AvgIpc) is 3.60. The minimum atomic E-state index is -1.15. The van der Waals surface area contributed by atoms with Crippen molar-refractivity contribution in [2.24, 2.45) is 23.7 Å². The van der Waals surface area contributed by atoms with Crippen molar-refractivity contribution in [3.63, 3.8) is 0 Å². The lowest BCUT2D eigenvalue weighted by molar-refractivity contribution is -0.283. The molecule has 2 fully saturated rings. The number of esters is 1. The second-order valence-corrected chi connectivity index (χ2v) is 12.9. The second kappa shape index (κ2) is 14.2. The monoisotopic (exact) mass is 581 g/mol. The van der Waals surface area contributed by atoms with Gasteiger partial charge in [0.1, 0.15) is 24.1 Å². The lowest BCUT2D eigenvalue weighted by atomic mass is 9.79. The zero-order chi connectivity index (χ0) is 30.6. The Kier molecular flexibility index (Phi) is 11.7. The number of cyclic esters (lactones) is 1. The maximum absolute atomic E-state index is 13.2. The third-order valence-electron chi connectivity index (χ3n) is 9.29. The summed E-state index contributed by atoms with van der Waals surface area (Å²) in [6.45, 7) is 11.3. The summed E-state index contributed by atoms with van der Waals surface area (Å²) in [6, 6.07) is -0.219. The minimum Gasteiger partial charge on any atom is -0.462 e. The van der Waals surface area contributed by atoms with Gasteiger partial charge >= 0.3 is 5.97 Å². The molecule has 0 aliphatic carbocycles. The van der Waals surface area contributed by atoms with Crippen molar-refractivity contribution in [1.29, 1.82) is 0 Å². The van der Waals surface area contributed by atoms with Crippen molar-refractivity contribution in [3.8, 4) is 0 Å². The number of aliphatic hydroxyl groups excluding tert-OH is 2. The molecule has 3 aliphatic rings. The van der Waals surface area contributed by atoms with Crippen LogP contribution < -0.4 is 0 Å². The Hall–Kier alpha value is -1.69. The van der Waals surface area contributed by atoms with Gasteiger partial charge in [0.05, 0.1) is 30.8 Å². The van der Waals surface area contributed by atoms with Crippen LogP contribution in [0.25, 0.3) is 0 Å². The molecule has 2 saturated heterocycles. The van der Waals surface area contributed by atoms with E-state index < -0.39 is 60.0 Å². The molecule has 0 spiro atoms. The van der Waals surface area contributed by atoms with Gasteiger partial charge in [-0.05, 0) is 65.3 Å². The Morgan fingerprint density at radius 1 is 1.12 bits per heavy atom. The number of epoxide rings is 1. The number of carbonyl (C=O) groups excluding carboxylic acids is 3. The summed E-state index contributed by atoms with van der Waals surface area (Å²) in [6.07, 6.45) is 0.627. The first kappa shape index (κ1) is 33.8. The Bertz CT molecular complexity index is 941. The highest BCUT2D eigenvalue weighted by Crippen LogP contribution is 2.45. The molecule has 0 aromatic rings. The Labute approximate surface area is 244 Å². The summed E-state index contributed by atoms with van der Waals surface area (Å²) in [7, 11) is 3.76. The van der Waals surface area contributed by atoms with Crippen LogP contribution in [0.2, 0.25) is 0 Å². The van der Waals surface area contributed by atoms with Crippen LogP contribution in [0, 0.1) is 23.7 Å². The van der Waals surface area contributed by atoms with E-state index in [0.717, 1.165) is 6.29 Å². The van der Waals surface area contributed by atoms with Crippen LogP contribution in [0.1, 0.15) is 73.6 Å². The number of fused-ring (bicyclic) bond motifs is 1. The Morgan fingerprint density at radius 2 is 1.80 bits per heavy atom. The molecule has 2 N–H and O–H groups in total. The van der Waals surface area contributed by atoms with Crippen molar-refractivity contribution >= 4 is 18.0 Å². The highest BCUT2D eigenvalue weighted by atomic mass is 16.7. The van der Waals surface area contributed by atoms with E-state index in [1.54, 1.807) is 19.1 Å². The molecule has 41 heavy (non-hydrogen) atoms. The van der Waals surface area contributed by atoms with E-state index in [1.807, 2.05) is 53.6 Å². The molecule has 0 radical (unpaired) electrons. The van der Waals surface area contributed by atoms with Gasteiger partial charge in [-0.25, -0.2) is 0 Å². The quantitative estimate of drug-likeness (QED) is 0.274. The van der Waals surface area contributed by atoms with Crippen LogP contribution in [0.5, 0.6) is 0 Å². The van der Waals surface area contributed by atoms with E-state index in [4.69, 9.17) is 18.9 Å². The molecular formula is C31H51NO9. The molecule has 234 valence electrons. The Morgan fingerprint density at radius 3 is 2.41 bits per heavy atom.